The molecule has 0 fully saturated rings. The average molecular weight is 376 g/mol. The molecule has 2 aromatic carbocycles. The van der Waals surface area contributed by atoms with E-state index in [1.54, 1.807) is 12.3 Å². The van der Waals surface area contributed by atoms with Crippen molar-refractivity contribution < 1.29 is 9.21 Å². The second kappa shape index (κ2) is 7.96. The Labute approximate surface area is 161 Å². The Bertz CT molecular complexity index is 1120. The Morgan fingerprint density at radius 2 is 1.82 bits per heavy atom. The largest absolute Gasteiger partial charge is 0.419 e. The van der Waals surface area contributed by atoms with E-state index in [4.69, 9.17) is 4.42 Å². The number of oxazole rings is 1. The molecular weight excluding hydrogens is 356 g/mol. The highest BCUT2D eigenvalue weighted by atomic mass is 16.4. The normalized spacial score (nSPS) is 11.0. The van der Waals surface area contributed by atoms with Crippen molar-refractivity contribution >= 4 is 17.0 Å². The smallest absolute Gasteiger partial charge is 0.408 e. The van der Waals surface area contributed by atoms with Gasteiger partial charge < -0.3 is 9.73 Å². The van der Waals surface area contributed by atoms with Crippen molar-refractivity contribution in [3.63, 3.8) is 0 Å². The molecule has 0 aliphatic heterocycles. The van der Waals surface area contributed by atoms with Crippen molar-refractivity contribution in [1.29, 1.82) is 0 Å². The Kier molecular flexibility index (Phi) is 5.05. The van der Waals surface area contributed by atoms with Crippen LogP contribution in [0.5, 0.6) is 0 Å². The van der Waals surface area contributed by atoms with Gasteiger partial charge in [0.05, 0.1) is 12.1 Å². The van der Waals surface area contributed by atoms with Gasteiger partial charge in [0.2, 0.25) is 5.91 Å². The number of nitrogens with zero attached hydrogens (tertiary/aromatic N) is 3. The second-order valence-corrected chi connectivity index (χ2v) is 6.53. The molecule has 0 radical (unpaired) electrons. The summed E-state index contributed by atoms with van der Waals surface area (Å²) < 4.78 is 8.52. The zero-order chi connectivity index (χ0) is 19.3. The van der Waals surface area contributed by atoms with Gasteiger partial charge in [-0.25, -0.2) is 4.79 Å². The number of hydrogen-bond acceptors (Lipinski definition) is 4. The van der Waals surface area contributed by atoms with Gasteiger partial charge in [0.1, 0.15) is 0 Å². The van der Waals surface area contributed by atoms with E-state index in [1.165, 1.54) is 4.57 Å². The predicted molar refractivity (Wildman–Crippen MR) is 105 cm³/mol. The summed E-state index contributed by atoms with van der Waals surface area (Å²) in [4.78, 5) is 24.1. The van der Waals surface area contributed by atoms with Crippen LogP contribution in [0.25, 0.3) is 11.1 Å². The van der Waals surface area contributed by atoms with Crippen LogP contribution in [0.4, 0.5) is 0 Å². The number of para-hydroxylation sites is 2. The van der Waals surface area contributed by atoms with Gasteiger partial charge in [-0.3, -0.25) is 14.0 Å². The Balaban J connectivity index is 1.29. The minimum absolute atomic E-state index is 0.113. The number of aromatic nitrogens is 3. The molecule has 0 aliphatic rings. The molecule has 4 rings (SSSR count). The topological polar surface area (TPSA) is 82.1 Å². The number of carbonyl (C=O) groups is 1. The predicted octanol–water partition coefficient (Wildman–Crippen LogP) is 2.55. The van der Waals surface area contributed by atoms with Crippen molar-refractivity contribution in [1.82, 2.24) is 19.7 Å². The van der Waals surface area contributed by atoms with E-state index in [9.17, 15) is 9.59 Å². The van der Waals surface area contributed by atoms with E-state index >= 15 is 0 Å². The first-order valence-electron chi connectivity index (χ1n) is 9.09. The first-order valence-corrected chi connectivity index (χ1v) is 9.09. The average Bonchev–Trinajstić information content (AvgIpc) is 3.33. The maximum absolute atomic E-state index is 12.2. The molecule has 0 saturated heterocycles. The van der Waals surface area contributed by atoms with Crippen molar-refractivity contribution in [2.45, 2.75) is 26.1 Å². The van der Waals surface area contributed by atoms with Crippen LogP contribution in [0.3, 0.4) is 0 Å². The summed E-state index contributed by atoms with van der Waals surface area (Å²) in [5.41, 5.74) is 3.39. The molecule has 0 atom stereocenters. The highest BCUT2D eigenvalue weighted by molar-refractivity contribution is 5.76. The van der Waals surface area contributed by atoms with Gasteiger partial charge in [-0.05, 0) is 29.3 Å². The Morgan fingerprint density at radius 1 is 1.04 bits per heavy atom. The molecule has 2 aromatic heterocycles. The number of nitrogens with one attached hydrogen (secondary N) is 1. The lowest BCUT2D eigenvalue weighted by atomic mass is 10.1. The Hall–Kier alpha value is -3.61. The number of carbonyl (C=O) groups excluding carboxylic acids is 1. The zero-order valence-electron chi connectivity index (χ0n) is 15.2. The van der Waals surface area contributed by atoms with Crippen LogP contribution in [0.1, 0.15) is 17.5 Å². The summed E-state index contributed by atoms with van der Waals surface area (Å²) in [5, 5.41) is 7.08. The standard InChI is InChI=1S/C21H20N4O3/c26-20(10-13-25-18-4-1-2-5-19(18)28-21(25)27)22-14-16-6-8-17(9-7-16)15-24-12-3-11-23-24/h1-9,11-12H,10,13-15H2,(H,22,26). The fourth-order valence-corrected chi connectivity index (χ4v) is 3.07. The fourth-order valence-electron chi connectivity index (χ4n) is 3.07. The van der Waals surface area contributed by atoms with E-state index in [1.807, 2.05) is 59.4 Å². The number of rotatable bonds is 7. The third-order valence-corrected chi connectivity index (χ3v) is 4.55. The number of fused-ring (bicyclic) bond motifs is 1. The van der Waals surface area contributed by atoms with Gasteiger partial charge >= 0.3 is 5.76 Å². The summed E-state index contributed by atoms with van der Waals surface area (Å²) in [5.74, 6) is -0.556. The SMILES string of the molecule is O=C(CCn1c(=O)oc2ccccc21)NCc1ccc(Cn2cccn2)cc1. The number of benzene rings is 2. The molecule has 0 spiro atoms. The maximum Gasteiger partial charge on any atom is 0.419 e. The van der Waals surface area contributed by atoms with Crippen molar-refractivity contribution in [3.05, 3.63) is 88.7 Å². The van der Waals surface area contributed by atoms with Gasteiger partial charge in [-0.2, -0.15) is 5.10 Å². The van der Waals surface area contributed by atoms with Crippen LogP contribution < -0.4 is 11.1 Å². The molecule has 0 aliphatic carbocycles. The third-order valence-electron chi connectivity index (χ3n) is 4.55. The molecule has 0 unspecified atom stereocenters. The first kappa shape index (κ1) is 17.8. The van der Waals surface area contributed by atoms with Gasteiger partial charge in [0.15, 0.2) is 5.58 Å². The molecule has 0 saturated carbocycles. The summed E-state index contributed by atoms with van der Waals surface area (Å²) in [6.07, 6.45) is 3.88. The molecule has 142 valence electrons. The molecule has 28 heavy (non-hydrogen) atoms. The highest BCUT2D eigenvalue weighted by Crippen LogP contribution is 2.12. The molecule has 0 bridgehead atoms. The lowest BCUT2D eigenvalue weighted by molar-refractivity contribution is -0.121. The molecule has 4 aromatic rings. The van der Waals surface area contributed by atoms with Gasteiger partial charge in [0.25, 0.3) is 0 Å². The van der Waals surface area contributed by atoms with Crippen molar-refractivity contribution in [3.8, 4) is 0 Å². The molecule has 7 heteroatoms. The third kappa shape index (κ3) is 4.03. The second-order valence-electron chi connectivity index (χ2n) is 6.53. The highest BCUT2D eigenvalue weighted by Gasteiger charge is 2.10. The van der Waals surface area contributed by atoms with E-state index in [0.29, 0.717) is 24.2 Å². The van der Waals surface area contributed by atoms with Crippen LogP contribution in [-0.4, -0.2) is 20.3 Å². The van der Waals surface area contributed by atoms with Crippen LogP contribution in [0.15, 0.2) is 76.2 Å². The maximum atomic E-state index is 12.2. The van der Waals surface area contributed by atoms with Crippen molar-refractivity contribution in [2.24, 2.45) is 0 Å². The number of hydrogen-bond donors (Lipinski definition) is 1. The minimum Gasteiger partial charge on any atom is -0.408 e. The zero-order valence-corrected chi connectivity index (χ0v) is 15.2. The van der Waals surface area contributed by atoms with Crippen LogP contribution in [0, 0.1) is 0 Å². The molecule has 2 heterocycles. The van der Waals surface area contributed by atoms with Crippen LogP contribution in [0.2, 0.25) is 0 Å². The summed E-state index contributed by atoms with van der Waals surface area (Å²) in [6, 6.07) is 17.1. The van der Waals surface area contributed by atoms with Gasteiger partial charge in [-0.1, -0.05) is 36.4 Å². The van der Waals surface area contributed by atoms with E-state index in [-0.39, 0.29) is 18.9 Å². The Morgan fingerprint density at radius 3 is 2.61 bits per heavy atom. The van der Waals surface area contributed by atoms with E-state index < -0.39 is 5.76 Å². The van der Waals surface area contributed by atoms with Crippen LogP contribution >= 0.6 is 0 Å². The summed E-state index contributed by atoms with van der Waals surface area (Å²) in [6.45, 7) is 1.44. The summed E-state index contributed by atoms with van der Waals surface area (Å²) in [7, 11) is 0. The molecule has 1 N–H and O–H groups in total. The minimum atomic E-state index is -0.443. The van der Waals surface area contributed by atoms with Gasteiger partial charge in [-0.15, -0.1) is 0 Å². The lowest BCUT2D eigenvalue weighted by Crippen LogP contribution is -2.25. The fraction of sp³-hybridized carbons (Fsp3) is 0.190. The number of amides is 1. The molecule has 7 nitrogen and oxygen atoms in total. The van der Waals surface area contributed by atoms with E-state index in [2.05, 4.69) is 10.4 Å². The van der Waals surface area contributed by atoms with Crippen molar-refractivity contribution in [2.75, 3.05) is 0 Å². The lowest BCUT2D eigenvalue weighted by Gasteiger charge is -2.07. The molecular formula is C21H20N4O3. The van der Waals surface area contributed by atoms with Gasteiger partial charge in [0, 0.05) is 31.9 Å². The van der Waals surface area contributed by atoms with Crippen LogP contribution in [-0.2, 0) is 24.4 Å². The number of aryl methyl sites for hydroxylation is 1. The molecule has 1 amide bonds. The quantitative estimate of drug-likeness (QED) is 0.537. The first-order chi connectivity index (χ1) is 13.7. The monoisotopic (exact) mass is 376 g/mol. The summed E-state index contributed by atoms with van der Waals surface area (Å²) >= 11 is 0. The van der Waals surface area contributed by atoms with E-state index in [0.717, 1.165) is 11.1 Å².